The van der Waals surface area contributed by atoms with Gasteiger partial charge >= 0.3 is 11.9 Å². The van der Waals surface area contributed by atoms with E-state index in [0.29, 0.717) is 19.4 Å². The first-order chi connectivity index (χ1) is 17.9. The van der Waals surface area contributed by atoms with Gasteiger partial charge in [-0.05, 0) is 86.0 Å². The Kier molecular flexibility index (Phi) is 9.30. The lowest BCUT2D eigenvalue weighted by molar-refractivity contribution is -0.144. The van der Waals surface area contributed by atoms with Gasteiger partial charge in [-0.1, -0.05) is 48.5 Å². The predicted molar refractivity (Wildman–Crippen MR) is 140 cm³/mol. The molecule has 4 atom stereocenters. The minimum atomic E-state index is -0.770. The van der Waals surface area contributed by atoms with Crippen LogP contribution in [0.25, 0.3) is 0 Å². The Balaban J connectivity index is 1.31. The highest BCUT2D eigenvalue weighted by molar-refractivity contribution is 5.78. The first kappa shape index (κ1) is 26.8. The fraction of sp³-hybridized carbons (Fsp3) is 0.483. The van der Waals surface area contributed by atoms with Gasteiger partial charge in [-0.25, -0.2) is 0 Å². The number of rotatable bonds is 12. The van der Waals surface area contributed by atoms with Crippen molar-refractivity contribution in [2.75, 3.05) is 26.2 Å². The molecule has 0 bridgehead atoms. The standard InChI is InChI=1S/C29H37N3O5/c33-27(15-21-5-1-3-19(11-21)13-25(28(34)35)23-7-9-30-17-23)32-16-22-6-2-4-20(12-22)14-26(29(36)37)24-8-10-31-18-24/h1-6,11-12,23-26,30-31H,7-10,13-18H2,(H,32,33)(H,34,35)(H,36,37). The molecule has 2 saturated heterocycles. The molecule has 2 fully saturated rings. The molecule has 2 aromatic carbocycles. The minimum Gasteiger partial charge on any atom is -0.481 e. The van der Waals surface area contributed by atoms with Crippen LogP contribution in [0.15, 0.2) is 48.5 Å². The van der Waals surface area contributed by atoms with E-state index in [-0.39, 0.29) is 24.2 Å². The van der Waals surface area contributed by atoms with Gasteiger partial charge in [0.2, 0.25) is 5.91 Å². The molecule has 2 aliphatic rings. The molecule has 37 heavy (non-hydrogen) atoms. The molecule has 2 heterocycles. The maximum Gasteiger partial charge on any atom is 0.307 e. The van der Waals surface area contributed by atoms with Crippen molar-refractivity contribution in [3.8, 4) is 0 Å². The summed E-state index contributed by atoms with van der Waals surface area (Å²) in [7, 11) is 0. The Labute approximate surface area is 217 Å². The molecule has 5 N–H and O–H groups in total. The van der Waals surface area contributed by atoms with E-state index in [4.69, 9.17) is 0 Å². The lowest BCUT2D eigenvalue weighted by Gasteiger charge is -2.19. The molecule has 0 saturated carbocycles. The summed E-state index contributed by atoms with van der Waals surface area (Å²) in [5, 5.41) is 28.9. The molecule has 4 rings (SSSR count). The largest absolute Gasteiger partial charge is 0.481 e. The maximum atomic E-state index is 12.7. The van der Waals surface area contributed by atoms with Gasteiger partial charge in [-0.3, -0.25) is 14.4 Å². The summed E-state index contributed by atoms with van der Waals surface area (Å²) in [6.07, 6.45) is 2.90. The fourth-order valence-electron chi connectivity index (χ4n) is 5.64. The molecular formula is C29H37N3O5. The highest BCUT2D eigenvalue weighted by Crippen LogP contribution is 2.25. The Morgan fingerprint density at radius 2 is 1.27 bits per heavy atom. The summed E-state index contributed by atoms with van der Waals surface area (Å²) < 4.78 is 0. The van der Waals surface area contributed by atoms with Crippen LogP contribution in [0.3, 0.4) is 0 Å². The molecule has 198 valence electrons. The predicted octanol–water partition coefficient (Wildman–Crippen LogP) is 2.25. The second-order valence-electron chi connectivity index (χ2n) is 10.4. The number of hydrogen-bond acceptors (Lipinski definition) is 5. The van der Waals surface area contributed by atoms with Gasteiger partial charge in [0.25, 0.3) is 0 Å². The zero-order valence-electron chi connectivity index (χ0n) is 21.1. The van der Waals surface area contributed by atoms with Crippen molar-refractivity contribution < 1.29 is 24.6 Å². The quantitative estimate of drug-likeness (QED) is 0.298. The van der Waals surface area contributed by atoms with Gasteiger partial charge in [0.05, 0.1) is 18.3 Å². The maximum absolute atomic E-state index is 12.7. The van der Waals surface area contributed by atoms with Crippen molar-refractivity contribution in [1.82, 2.24) is 16.0 Å². The number of carboxylic acid groups (broad SMARTS) is 2. The van der Waals surface area contributed by atoms with Crippen LogP contribution in [0.1, 0.15) is 35.1 Å². The number of aliphatic carboxylic acids is 2. The van der Waals surface area contributed by atoms with E-state index < -0.39 is 23.8 Å². The number of nitrogens with one attached hydrogen (secondary N) is 3. The first-order valence-corrected chi connectivity index (χ1v) is 13.2. The average Bonchev–Trinajstić information content (AvgIpc) is 3.60. The topological polar surface area (TPSA) is 128 Å². The smallest absolute Gasteiger partial charge is 0.307 e. The summed E-state index contributed by atoms with van der Waals surface area (Å²) in [4.78, 5) is 36.3. The number of carbonyl (C=O) groups excluding carboxylic acids is 1. The van der Waals surface area contributed by atoms with E-state index >= 15 is 0 Å². The minimum absolute atomic E-state index is 0.113. The van der Waals surface area contributed by atoms with Crippen LogP contribution in [0.4, 0.5) is 0 Å². The van der Waals surface area contributed by atoms with Crippen LogP contribution >= 0.6 is 0 Å². The van der Waals surface area contributed by atoms with Gasteiger partial charge in [0.15, 0.2) is 0 Å². The summed E-state index contributed by atoms with van der Waals surface area (Å²) >= 11 is 0. The highest BCUT2D eigenvalue weighted by Gasteiger charge is 2.31. The summed E-state index contributed by atoms with van der Waals surface area (Å²) in [6, 6.07) is 15.4. The first-order valence-electron chi connectivity index (χ1n) is 13.2. The molecular weight excluding hydrogens is 470 g/mol. The number of hydrogen-bond donors (Lipinski definition) is 5. The number of carbonyl (C=O) groups is 3. The van der Waals surface area contributed by atoms with E-state index in [1.54, 1.807) is 0 Å². The van der Waals surface area contributed by atoms with Crippen LogP contribution in [-0.4, -0.2) is 54.2 Å². The van der Waals surface area contributed by atoms with Gasteiger partial charge < -0.3 is 26.2 Å². The van der Waals surface area contributed by atoms with Crippen LogP contribution in [0, 0.1) is 23.7 Å². The molecule has 0 aromatic heterocycles. The molecule has 2 aliphatic heterocycles. The van der Waals surface area contributed by atoms with E-state index in [9.17, 15) is 24.6 Å². The van der Waals surface area contributed by atoms with Gasteiger partial charge in [-0.15, -0.1) is 0 Å². The third-order valence-corrected chi connectivity index (χ3v) is 7.72. The zero-order valence-corrected chi connectivity index (χ0v) is 21.1. The van der Waals surface area contributed by atoms with Gasteiger partial charge in [-0.2, -0.15) is 0 Å². The van der Waals surface area contributed by atoms with Crippen molar-refractivity contribution >= 4 is 17.8 Å². The molecule has 8 heteroatoms. The molecule has 0 spiro atoms. The van der Waals surface area contributed by atoms with E-state index in [0.717, 1.165) is 61.3 Å². The molecule has 0 aliphatic carbocycles. The normalized spacial score (nSPS) is 20.9. The molecule has 1 amide bonds. The molecule has 4 unspecified atom stereocenters. The molecule has 8 nitrogen and oxygen atoms in total. The zero-order chi connectivity index (χ0) is 26.2. The van der Waals surface area contributed by atoms with E-state index in [2.05, 4.69) is 16.0 Å². The monoisotopic (exact) mass is 507 g/mol. The summed E-state index contributed by atoms with van der Waals surface area (Å²) in [6.45, 7) is 3.56. The van der Waals surface area contributed by atoms with Crippen LogP contribution < -0.4 is 16.0 Å². The number of benzene rings is 2. The summed E-state index contributed by atoms with van der Waals surface area (Å²) in [5.74, 6) is -2.23. The second kappa shape index (κ2) is 12.8. The number of carboxylic acids is 2. The Bertz CT molecular complexity index is 1090. The highest BCUT2D eigenvalue weighted by atomic mass is 16.4. The third kappa shape index (κ3) is 7.63. The fourth-order valence-corrected chi connectivity index (χ4v) is 5.64. The van der Waals surface area contributed by atoms with Crippen LogP contribution in [0.2, 0.25) is 0 Å². The van der Waals surface area contributed by atoms with Crippen molar-refractivity contribution in [2.45, 2.75) is 38.6 Å². The van der Waals surface area contributed by atoms with Crippen LogP contribution in [0.5, 0.6) is 0 Å². The summed E-state index contributed by atoms with van der Waals surface area (Å²) in [5.41, 5.74) is 3.68. The SMILES string of the molecule is O=C(Cc1cccc(CC(C(=O)O)C2CCNC2)c1)NCc1cccc(CC(C(=O)O)C2CCNC2)c1. The lowest BCUT2D eigenvalue weighted by atomic mass is 9.86. The third-order valence-electron chi connectivity index (χ3n) is 7.72. The Morgan fingerprint density at radius 3 is 1.76 bits per heavy atom. The Hall–Kier alpha value is -3.23. The van der Waals surface area contributed by atoms with Crippen molar-refractivity contribution in [3.63, 3.8) is 0 Å². The Morgan fingerprint density at radius 1 is 0.784 bits per heavy atom. The molecule has 0 radical (unpaired) electrons. The second-order valence-corrected chi connectivity index (χ2v) is 10.4. The van der Waals surface area contributed by atoms with Crippen molar-refractivity contribution in [3.05, 3.63) is 70.8 Å². The average molecular weight is 508 g/mol. The van der Waals surface area contributed by atoms with E-state index in [1.807, 2.05) is 48.5 Å². The number of amides is 1. The van der Waals surface area contributed by atoms with Crippen molar-refractivity contribution in [1.29, 1.82) is 0 Å². The van der Waals surface area contributed by atoms with Gasteiger partial charge in [0.1, 0.15) is 0 Å². The van der Waals surface area contributed by atoms with E-state index in [1.165, 1.54) is 0 Å². The van der Waals surface area contributed by atoms with Crippen molar-refractivity contribution in [2.24, 2.45) is 23.7 Å². The lowest BCUT2D eigenvalue weighted by Crippen LogP contribution is -2.28. The molecule has 2 aromatic rings. The van der Waals surface area contributed by atoms with Gasteiger partial charge in [0, 0.05) is 6.54 Å². The van der Waals surface area contributed by atoms with Crippen LogP contribution in [-0.2, 0) is 40.2 Å².